The van der Waals surface area contributed by atoms with Gasteiger partial charge in [-0.05, 0) is 43.2 Å². The van der Waals surface area contributed by atoms with Crippen LogP contribution in [0.4, 0.5) is 11.4 Å². The molecule has 0 fully saturated rings. The Morgan fingerprint density at radius 1 is 1.24 bits per heavy atom. The van der Waals surface area contributed by atoms with E-state index in [-0.39, 0.29) is 5.91 Å². The number of rotatable bonds is 5. The van der Waals surface area contributed by atoms with Crippen molar-refractivity contribution in [1.82, 2.24) is 0 Å². The molecule has 2 aromatic carbocycles. The molecular weight excluding hydrogens is 264 g/mol. The van der Waals surface area contributed by atoms with Gasteiger partial charge in [-0.3, -0.25) is 4.79 Å². The summed E-state index contributed by atoms with van der Waals surface area (Å²) in [6.07, 6.45) is 0.912. The molecule has 4 nitrogen and oxygen atoms in total. The molecule has 0 atom stereocenters. The summed E-state index contributed by atoms with van der Waals surface area (Å²) in [5.41, 5.74) is 8.72. The fourth-order valence-electron chi connectivity index (χ4n) is 1.94. The van der Waals surface area contributed by atoms with E-state index >= 15 is 0 Å². The van der Waals surface area contributed by atoms with Crippen LogP contribution >= 0.6 is 0 Å². The van der Waals surface area contributed by atoms with Gasteiger partial charge in [0.25, 0.3) is 5.91 Å². The molecule has 0 saturated carbocycles. The maximum absolute atomic E-state index is 12.2. The zero-order valence-corrected chi connectivity index (χ0v) is 12.3. The smallest absolute Gasteiger partial charge is 0.255 e. The minimum absolute atomic E-state index is 0.182. The number of para-hydroxylation sites is 1. The third-order valence-corrected chi connectivity index (χ3v) is 3.13. The topological polar surface area (TPSA) is 64.3 Å². The van der Waals surface area contributed by atoms with Crippen molar-refractivity contribution in [3.63, 3.8) is 0 Å². The summed E-state index contributed by atoms with van der Waals surface area (Å²) in [5.74, 6) is 0.433. The van der Waals surface area contributed by atoms with E-state index in [2.05, 4.69) is 5.32 Å². The fourth-order valence-corrected chi connectivity index (χ4v) is 1.94. The van der Waals surface area contributed by atoms with E-state index in [0.29, 0.717) is 23.6 Å². The van der Waals surface area contributed by atoms with Crippen LogP contribution in [-0.4, -0.2) is 12.5 Å². The summed E-state index contributed by atoms with van der Waals surface area (Å²) in [4.78, 5) is 12.2. The number of aryl methyl sites for hydroxylation is 1. The van der Waals surface area contributed by atoms with E-state index < -0.39 is 0 Å². The van der Waals surface area contributed by atoms with Gasteiger partial charge in [0.2, 0.25) is 0 Å². The molecule has 0 heterocycles. The first kappa shape index (κ1) is 14.9. The maximum Gasteiger partial charge on any atom is 0.255 e. The molecule has 0 aliphatic rings. The zero-order chi connectivity index (χ0) is 15.2. The van der Waals surface area contributed by atoms with Crippen LogP contribution in [0.3, 0.4) is 0 Å². The monoisotopic (exact) mass is 284 g/mol. The highest BCUT2D eigenvalue weighted by Crippen LogP contribution is 2.23. The second-order valence-electron chi connectivity index (χ2n) is 4.87. The number of anilines is 2. The molecule has 0 radical (unpaired) electrons. The molecule has 0 bridgehead atoms. The number of hydrogen-bond donors (Lipinski definition) is 2. The summed E-state index contributed by atoms with van der Waals surface area (Å²) >= 11 is 0. The Morgan fingerprint density at radius 3 is 2.67 bits per heavy atom. The Labute approximate surface area is 124 Å². The first-order valence-corrected chi connectivity index (χ1v) is 7.01. The van der Waals surface area contributed by atoms with Crippen LogP contribution < -0.4 is 15.8 Å². The minimum Gasteiger partial charge on any atom is -0.491 e. The maximum atomic E-state index is 12.2. The number of carbonyl (C=O) groups is 1. The number of benzene rings is 2. The van der Waals surface area contributed by atoms with Gasteiger partial charge >= 0.3 is 0 Å². The van der Waals surface area contributed by atoms with E-state index in [0.717, 1.165) is 17.7 Å². The molecule has 0 saturated heterocycles. The first-order chi connectivity index (χ1) is 10.1. The van der Waals surface area contributed by atoms with Crippen molar-refractivity contribution < 1.29 is 9.53 Å². The van der Waals surface area contributed by atoms with E-state index in [1.807, 2.05) is 38.1 Å². The van der Waals surface area contributed by atoms with E-state index in [4.69, 9.17) is 10.5 Å². The van der Waals surface area contributed by atoms with Gasteiger partial charge in [0.15, 0.2) is 0 Å². The SMILES string of the molecule is CCCOc1ccc(C(=O)Nc2ccccc2C)cc1N. The minimum atomic E-state index is -0.182. The molecule has 1 amide bonds. The Morgan fingerprint density at radius 2 is 2.00 bits per heavy atom. The van der Waals surface area contributed by atoms with E-state index in [9.17, 15) is 4.79 Å². The molecule has 21 heavy (non-hydrogen) atoms. The molecule has 0 aromatic heterocycles. The van der Waals surface area contributed by atoms with Crippen LogP contribution in [0.2, 0.25) is 0 Å². The summed E-state index contributed by atoms with van der Waals surface area (Å²) in [7, 11) is 0. The highest BCUT2D eigenvalue weighted by molar-refractivity contribution is 6.05. The fraction of sp³-hybridized carbons (Fsp3) is 0.235. The number of carbonyl (C=O) groups excluding carboxylic acids is 1. The van der Waals surface area contributed by atoms with Crippen LogP contribution in [0.5, 0.6) is 5.75 Å². The van der Waals surface area contributed by atoms with Crippen molar-refractivity contribution in [1.29, 1.82) is 0 Å². The normalized spacial score (nSPS) is 10.2. The lowest BCUT2D eigenvalue weighted by atomic mass is 10.1. The number of nitrogen functional groups attached to an aromatic ring is 1. The average molecular weight is 284 g/mol. The number of hydrogen-bond acceptors (Lipinski definition) is 3. The molecule has 0 aliphatic heterocycles. The van der Waals surface area contributed by atoms with Gasteiger partial charge in [-0.15, -0.1) is 0 Å². The number of ether oxygens (including phenoxy) is 1. The highest BCUT2D eigenvalue weighted by atomic mass is 16.5. The molecule has 0 unspecified atom stereocenters. The lowest BCUT2D eigenvalue weighted by Gasteiger charge is -2.11. The van der Waals surface area contributed by atoms with Crippen molar-refractivity contribution in [2.24, 2.45) is 0 Å². The average Bonchev–Trinajstić information content (AvgIpc) is 2.48. The van der Waals surface area contributed by atoms with Gasteiger partial charge in [-0.25, -0.2) is 0 Å². The largest absolute Gasteiger partial charge is 0.491 e. The Balaban J connectivity index is 2.13. The predicted molar refractivity (Wildman–Crippen MR) is 85.8 cm³/mol. The molecule has 0 spiro atoms. The van der Waals surface area contributed by atoms with Gasteiger partial charge in [0.1, 0.15) is 5.75 Å². The van der Waals surface area contributed by atoms with Gasteiger partial charge < -0.3 is 15.8 Å². The number of amides is 1. The molecule has 0 aliphatic carbocycles. The van der Waals surface area contributed by atoms with Crippen LogP contribution in [-0.2, 0) is 0 Å². The first-order valence-electron chi connectivity index (χ1n) is 7.01. The summed E-state index contributed by atoms with van der Waals surface area (Å²) in [6, 6.07) is 12.7. The van der Waals surface area contributed by atoms with Crippen LogP contribution in [0.25, 0.3) is 0 Å². The molecular formula is C17H20N2O2. The van der Waals surface area contributed by atoms with Crippen molar-refractivity contribution in [3.8, 4) is 5.75 Å². The Kier molecular flexibility index (Phi) is 4.82. The third-order valence-electron chi connectivity index (χ3n) is 3.13. The highest BCUT2D eigenvalue weighted by Gasteiger charge is 2.10. The predicted octanol–water partition coefficient (Wildman–Crippen LogP) is 3.62. The van der Waals surface area contributed by atoms with Crippen LogP contribution in [0.1, 0.15) is 29.3 Å². The second kappa shape index (κ2) is 6.79. The third kappa shape index (κ3) is 3.75. The van der Waals surface area contributed by atoms with Crippen molar-refractivity contribution in [2.75, 3.05) is 17.7 Å². The lowest BCUT2D eigenvalue weighted by Crippen LogP contribution is -2.13. The molecule has 2 aromatic rings. The van der Waals surface area contributed by atoms with E-state index in [1.165, 1.54) is 0 Å². The molecule has 110 valence electrons. The van der Waals surface area contributed by atoms with Crippen molar-refractivity contribution in [3.05, 3.63) is 53.6 Å². The van der Waals surface area contributed by atoms with Crippen LogP contribution in [0.15, 0.2) is 42.5 Å². The summed E-state index contributed by atoms with van der Waals surface area (Å²) < 4.78 is 5.50. The quantitative estimate of drug-likeness (QED) is 0.824. The number of nitrogens with one attached hydrogen (secondary N) is 1. The van der Waals surface area contributed by atoms with Gasteiger partial charge in [-0.1, -0.05) is 25.1 Å². The Hall–Kier alpha value is -2.49. The van der Waals surface area contributed by atoms with Gasteiger partial charge in [0.05, 0.1) is 12.3 Å². The standard InChI is InChI=1S/C17H20N2O2/c1-3-10-21-16-9-8-13(11-14(16)18)17(20)19-15-7-5-4-6-12(15)2/h4-9,11H,3,10,18H2,1-2H3,(H,19,20). The second-order valence-corrected chi connectivity index (χ2v) is 4.87. The lowest BCUT2D eigenvalue weighted by molar-refractivity contribution is 0.102. The summed E-state index contributed by atoms with van der Waals surface area (Å²) in [5, 5.41) is 2.88. The Bertz CT molecular complexity index is 638. The molecule has 2 rings (SSSR count). The zero-order valence-electron chi connectivity index (χ0n) is 12.3. The number of nitrogens with two attached hydrogens (primary N) is 1. The molecule has 4 heteroatoms. The van der Waals surface area contributed by atoms with E-state index in [1.54, 1.807) is 18.2 Å². The summed E-state index contributed by atoms with van der Waals surface area (Å²) in [6.45, 7) is 4.59. The van der Waals surface area contributed by atoms with Crippen molar-refractivity contribution >= 4 is 17.3 Å². The van der Waals surface area contributed by atoms with Crippen molar-refractivity contribution in [2.45, 2.75) is 20.3 Å². The molecule has 3 N–H and O–H groups in total. The van der Waals surface area contributed by atoms with Gasteiger partial charge in [-0.2, -0.15) is 0 Å². The van der Waals surface area contributed by atoms with Gasteiger partial charge in [0, 0.05) is 11.3 Å². The van der Waals surface area contributed by atoms with Crippen LogP contribution in [0, 0.1) is 6.92 Å².